The van der Waals surface area contributed by atoms with E-state index >= 15 is 0 Å². The standard InChI is InChI=1S/C27H31N5O5/c1-5-35-25(33)22-14-18-13-17(8-9-21(18)36-22)20-15-28-24-11-10-23(30-32(20)24)29-19-7-6-12-31(16-19)26(34)37-27(2,3)4/h8-11,13-15,19H,5-7,12,16H2,1-4H3,(H,29,30). The predicted octanol–water partition coefficient (Wildman–Crippen LogP) is 5.13. The lowest BCUT2D eigenvalue weighted by molar-refractivity contribution is 0.0206. The van der Waals surface area contributed by atoms with Crippen LogP contribution in [0.25, 0.3) is 27.9 Å². The summed E-state index contributed by atoms with van der Waals surface area (Å²) in [6, 6.07) is 11.2. The summed E-state index contributed by atoms with van der Waals surface area (Å²) in [6.07, 6.45) is 3.29. The Morgan fingerprint density at radius 3 is 2.81 bits per heavy atom. The molecule has 1 aliphatic heterocycles. The number of nitrogens with zero attached hydrogens (tertiary/aromatic N) is 4. The molecule has 10 nitrogen and oxygen atoms in total. The number of aromatic nitrogens is 3. The summed E-state index contributed by atoms with van der Waals surface area (Å²) in [5.41, 5.74) is 2.47. The van der Waals surface area contributed by atoms with Crippen molar-refractivity contribution in [2.75, 3.05) is 25.0 Å². The number of furan rings is 1. The van der Waals surface area contributed by atoms with Crippen LogP contribution in [0.5, 0.6) is 0 Å². The van der Waals surface area contributed by atoms with Gasteiger partial charge in [-0.1, -0.05) is 0 Å². The van der Waals surface area contributed by atoms with E-state index < -0.39 is 11.6 Å². The first-order valence-electron chi connectivity index (χ1n) is 12.5. The largest absolute Gasteiger partial charge is 0.460 e. The lowest BCUT2D eigenvalue weighted by Gasteiger charge is -2.34. The van der Waals surface area contributed by atoms with Crippen LogP contribution >= 0.6 is 0 Å². The molecule has 4 heterocycles. The number of amides is 1. The maximum atomic E-state index is 12.5. The van der Waals surface area contributed by atoms with Crippen LogP contribution in [0, 0.1) is 0 Å². The number of carbonyl (C=O) groups excluding carboxylic acids is 2. The van der Waals surface area contributed by atoms with Gasteiger partial charge in [-0.2, -0.15) is 0 Å². The van der Waals surface area contributed by atoms with Crippen molar-refractivity contribution in [1.29, 1.82) is 0 Å². The van der Waals surface area contributed by atoms with Crippen molar-refractivity contribution in [2.24, 2.45) is 0 Å². The molecule has 1 fully saturated rings. The number of carbonyl (C=O) groups is 2. The number of benzene rings is 1. The second-order valence-electron chi connectivity index (χ2n) is 10.1. The van der Waals surface area contributed by atoms with Crippen LogP contribution in [0.1, 0.15) is 51.1 Å². The summed E-state index contributed by atoms with van der Waals surface area (Å²) in [6.45, 7) is 8.88. The van der Waals surface area contributed by atoms with Crippen LogP contribution in [0.15, 0.2) is 47.0 Å². The van der Waals surface area contributed by atoms with Gasteiger partial charge in [-0.15, -0.1) is 5.10 Å². The Balaban J connectivity index is 1.36. The molecule has 37 heavy (non-hydrogen) atoms. The van der Waals surface area contributed by atoms with Gasteiger partial charge in [0.2, 0.25) is 5.76 Å². The van der Waals surface area contributed by atoms with E-state index in [-0.39, 0.29) is 24.5 Å². The van der Waals surface area contributed by atoms with Crippen LogP contribution in [0.3, 0.4) is 0 Å². The molecule has 0 radical (unpaired) electrons. The highest BCUT2D eigenvalue weighted by Crippen LogP contribution is 2.28. The molecule has 1 saturated heterocycles. The van der Waals surface area contributed by atoms with E-state index in [0.717, 1.165) is 29.5 Å². The normalized spacial score (nSPS) is 16.2. The van der Waals surface area contributed by atoms with Crippen molar-refractivity contribution in [3.63, 3.8) is 0 Å². The molecule has 4 aromatic rings. The third-order valence-electron chi connectivity index (χ3n) is 6.08. The predicted molar refractivity (Wildman–Crippen MR) is 139 cm³/mol. The molecule has 1 atom stereocenters. The number of anilines is 1. The molecule has 194 valence electrons. The first kappa shape index (κ1) is 24.6. The number of esters is 1. The van der Waals surface area contributed by atoms with Crippen LogP contribution in [0.2, 0.25) is 0 Å². The van der Waals surface area contributed by atoms with Gasteiger partial charge >= 0.3 is 12.1 Å². The maximum absolute atomic E-state index is 12.5. The summed E-state index contributed by atoms with van der Waals surface area (Å²) in [5, 5.41) is 9.04. The molecule has 1 aliphatic rings. The van der Waals surface area contributed by atoms with Gasteiger partial charge < -0.3 is 24.1 Å². The van der Waals surface area contributed by atoms with Gasteiger partial charge in [0.05, 0.1) is 18.5 Å². The lowest BCUT2D eigenvalue weighted by atomic mass is 10.1. The van der Waals surface area contributed by atoms with E-state index in [1.54, 1.807) is 28.6 Å². The topological polar surface area (TPSA) is 111 Å². The SMILES string of the molecule is CCOC(=O)c1cc2cc(-c3cnc4ccc(NC5CCCN(C(=O)OC(C)(C)C)C5)nn34)ccc2o1. The van der Waals surface area contributed by atoms with Crippen molar-refractivity contribution in [1.82, 2.24) is 19.5 Å². The summed E-state index contributed by atoms with van der Waals surface area (Å²) in [4.78, 5) is 30.8. The van der Waals surface area contributed by atoms with E-state index in [0.29, 0.717) is 30.1 Å². The van der Waals surface area contributed by atoms with E-state index in [1.165, 1.54) is 0 Å². The van der Waals surface area contributed by atoms with Crippen molar-refractivity contribution < 1.29 is 23.5 Å². The van der Waals surface area contributed by atoms with Crippen LogP contribution in [0.4, 0.5) is 10.6 Å². The number of piperidine rings is 1. The number of hydrogen-bond donors (Lipinski definition) is 1. The van der Waals surface area contributed by atoms with E-state index in [2.05, 4.69) is 10.3 Å². The highest BCUT2D eigenvalue weighted by atomic mass is 16.6. The minimum atomic E-state index is -0.526. The first-order chi connectivity index (χ1) is 17.7. The number of imidazole rings is 1. The summed E-state index contributed by atoms with van der Waals surface area (Å²) in [7, 11) is 0. The van der Waals surface area contributed by atoms with Gasteiger partial charge in [0, 0.05) is 30.1 Å². The molecule has 0 spiro atoms. The molecule has 10 heteroatoms. The molecule has 1 amide bonds. The van der Waals surface area contributed by atoms with Crippen molar-refractivity contribution >= 4 is 34.5 Å². The number of ether oxygens (including phenoxy) is 2. The highest BCUT2D eigenvalue weighted by Gasteiger charge is 2.28. The van der Waals surface area contributed by atoms with Crippen molar-refractivity contribution in [3.8, 4) is 11.3 Å². The number of rotatable bonds is 5. The average molecular weight is 506 g/mol. The van der Waals surface area contributed by atoms with Crippen LogP contribution in [-0.4, -0.2) is 62.9 Å². The summed E-state index contributed by atoms with van der Waals surface area (Å²) in [5.74, 6) is 0.377. The second-order valence-corrected chi connectivity index (χ2v) is 10.1. The van der Waals surface area contributed by atoms with Gasteiger partial charge in [0.15, 0.2) is 5.65 Å². The molecule has 0 bridgehead atoms. The van der Waals surface area contributed by atoms with E-state index in [1.807, 2.05) is 51.1 Å². The fourth-order valence-electron chi connectivity index (χ4n) is 4.45. The van der Waals surface area contributed by atoms with Crippen molar-refractivity contribution in [2.45, 2.75) is 52.2 Å². The molecule has 1 aromatic carbocycles. The molecule has 0 saturated carbocycles. The Morgan fingerprint density at radius 1 is 1.19 bits per heavy atom. The molecular formula is C27H31N5O5. The third kappa shape index (κ3) is 5.37. The monoisotopic (exact) mass is 505 g/mol. The summed E-state index contributed by atoms with van der Waals surface area (Å²) < 4.78 is 18.0. The zero-order valence-corrected chi connectivity index (χ0v) is 21.5. The zero-order valence-electron chi connectivity index (χ0n) is 21.5. The summed E-state index contributed by atoms with van der Waals surface area (Å²) >= 11 is 0. The number of likely N-dealkylation sites (tertiary alicyclic amines) is 1. The minimum Gasteiger partial charge on any atom is -0.460 e. The highest BCUT2D eigenvalue weighted by molar-refractivity contribution is 5.93. The van der Waals surface area contributed by atoms with Gasteiger partial charge in [-0.3, -0.25) is 0 Å². The van der Waals surface area contributed by atoms with Crippen LogP contribution < -0.4 is 5.32 Å². The van der Waals surface area contributed by atoms with E-state index in [9.17, 15) is 9.59 Å². The zero-order chi connectivity index (χ0) is 26.2. The fraction of sp³-hybridized carbons (Fsp3) is 0.407. The Morgan fingerprint density at radius 2 is 2.03 bits per heavy atom. The van der Waals surface area contributed by atoms with Gasteiger partial charge in [0.1, 0.15) is 17.0 Å². The lowest BCUT2D eigenvalue weighted by Crippen LogP contribution is -2.47. The Hall–Kier alpha value is -4.08. The molecule has 5 rings (SSSR count). The first-order valence-corrected chi connectivity index (χ1v) is 12.5. The number of nitrogens with one attached hydrogen (secondary N) is 1. The van der Waals surface area contributed by atoms with Gasteiger partial charge in [-0.05, 0) is 76.9 Å². The molecule has 0 aliphatic carbocycles. The van der Waals surface area contributed by atoms with E-state index in [4.69, 9.17) is 19.0 Å². The molecule has 1 unspecified atom stereocenters. The quantitative estimate of drug-likeness (QED) is 0.372. The van der Waals surface area contributed by atoms with Gasteiger partial charge in [-0.25, -0.2) is 19.1 Å². The fourth-order valence-corrected chi connectivity index (χ4v) is 4.45. The number of fused-ring (bicyclic) bond motifs is 2. The third-order valence-corrected chi connectivity index (χ3v) is 6.08. The maximum Gasteiger partial charge on any atom is 0.410 e. The average Bonchev–Trinajstić information content (AvgIpc) is 3.47. The van der Waals surface area contributed by atoms with Crippen molar-refractivity contribution in [3.05, 3.63) is 48.4 Å². The molecule has 1 N–H and O–H groups in total. The Labute approximate surface area is 214 Å². The molecular weight excluding hydrogens is 474 g/mol. The van der Waals surface area contributed by atoms with Crippen LogP contribution in [-0.2, 0) is 9.47 Å². The Kier molecular flexibility index (Phi) is 6.49. The van der Waals surface area contributed by atoms with Gasteiger partial charge in [0.25, 0.3) is 0 Å². The Bertz CT molecular complexity index is 1450. The second kappa shape index (κ2) is 9.76. The number of hydrogen-bond acceptors (Lipinski definition) is 8. The minimum absolute atomic E-state index is 0.0572. The molecule has 3 aromatic heterocycles. The smallest absolute Gasteiger partial charge is 0.410 e.